The summed E-state index contributed by atoms with van der Waals surface area (Å²) in [5.41, 5.74) is 0.860. The van der Waals surface area contributed by atoms with E-state index in [9.17, 15) is 4.79 Å². The van der Waals surface area contributed by atoms with Crippen LogP contribution in [0.4, 0.5) is 5.69 Å². The maximum atomic E-state index is 11.8. The number of carbonyl (C=O) groups is 1. The Morgan fingerprint density at radius 1 is 1.37 bits per heavy atom. The van der Waals surface area contributed by atoms with E-state index in [-0.39, 0.29) is 11.9 Å². The van der Waals surface area contributed by atoms with Gasteiger partial charge in [-0.15, -0.1) is 0 Å². The number of ether oxygens (including phenoxy) is 2. The Labute approximate surface area is 114 Å². The largest absolute Gasteiger partial charge is 0.497 e. The molecule has 19 heavy (non-hydrogen) atoms. The number of hydrogen-bond donors (Lipinski definition) is 2. The normalized spacial score (nSPS) is 11.7. The van der Waals surface area contributed by atoms with Crippen molar-refractivity contribution in [3.05, 3.63) is 24.3 Å². The molecule has 1 rings (SSSR count). The highest BCUT2D eigenvalue weighted by atomic mass is 16.5. The van der Waals surface area contributed by atoms with E-state index in [1.807, 2.05) is 31.2 Å². The maximum Gasteiger partial charge on any atom is 0.242 e. The smallest absolute Gasteiger partial charge is 0.242 e. The first-order valence-electron chi connectivity index (χ1n) is 6.34. The molecule has 0 bridgehead atoms. The number of nitrogens with one attached hydrogen (secondary N) is 2. The van der Waals surface area contributed by atoms with Gasteiger partial charge in [0.15, 0.2) is 0 Å². The van der Waals surface area contributed by atoms with Crippen molar-refractivity contribution in [2.75, 3.05) is 32.7 Å². The van der Waals surface area contributed by atoms with Crippen molar-refractivity contribution >= 4 is 11.6 Å². The molecule has 0 aliphatic rings. The fourth-order valence-electron chi connectivity index (χ4n) is 1.61. The van der Waals surface area contributed by atoms with Crippen LogP contribution in [0.25, 0.3) is 0 Å². The van der Waals surface area contributed by atoms with E-state index in [2.05, 4.69) is 10.6 Å². The molecular formula is C14H22N2O3. The topological polar surface area (TPSA) is 59.6 Å². The molecule has 1 amide bonds. The summed E-state index contributed by atoms with van der Waals surface area (Å²) in [5, 5.41) is 5.99. The Bertz CT molecular complexity index is 396. The Morgan fingerprint density at radius 3 is 2.84 bits per heavy atom. The second kappa shape index (κ2) is 8.37. The monoisotopic (exact) mass is 266 g/mol. The van der Waals surface area contributed by atoms with Crippen LogP contribution >= 0.6 is 0 Å². The first-order chi connectivity index (χ1) is 9.17. The molecule has 0 aliphatic heterocycles. The van der Waals surface area contributed by atoms with Crippen LogP contribution in [-0.4, -0.2) is 39.3 Å². The number of methoxy groups -OCH3 is 2. The van der Waals surface area contributed by atoms with Gasteiger partial charge in [0.05, 0.1) is 7.11 Å². The first kappa shape index (κ1) is 15.3. The molecule has 0 aromatic heterocycles. The first-order valence-corrected chi connectivity index (χ1v) is 6.34. The fourth-order valence-corrected chi connectivity index (χ4v) is 1.61. The van der Waals surface area contributed by atoms with Crippen molar-refractivity contribution < 1.29 is 14.3 Å². The van der Waals surface area contributed by atoms with Crippen LogP contribution in [0.5, 0.6) is 5.75 Å². The van der Waals surface area contributed by atoms with Crippen molar-refractivity contribution in [2.45, 2.75) is 19.4 Å². The Morgan fingerprint density at radius 2 is 2.16 bits per heavy atom. The molecule has 5 nitrogen and oxygen atoms in total. The Hall–Kier alpha value is -1.75. The van der Waals surface area contributed by atoms with Gasteiger partial charge >= 0.3 is 0 Å². The standard InChI is InChI=1S/C14H22N2O3/c1-11(14(17)15-8-5-9-18-2)16-12-6-4-7-13(10-12)19-3/h4,6-7,10-11,16H,5,8-9H2,1-3H3,(H,15,17). The van der Waals surface area contributed by atoms with E-state index in [1.165, 1.54) is 0 Å². The van der Waals surface area contributed by atoms with Gasteiger partial charge in [0.25, 0.3) is 0 Å². The minimum absolute atomic E-state index is 0.0288. The van der Waals surface area contributed by atoms with E-state index >= 15 is 0 Å². The highest BCUT2D eigenvalue weighted by Gasteiger charge is 2.11. The summed E-state index contributed by atoms with van der Waals surface area (Å²) >= 11 is 0. The van der Waals surface area contributed by atoms with Crippen LogP contribution in [0.1, 0.15) is 13.3 Å². The molecule has 1 aromatic carbocycles. The van der Waals surface area contributed by atoms with Crippen molar-refractivity contribution in [2.24, 2.45) is 0 Å². The summed E-state index contributed by atoms with van der Waals surface area (Å²) in [5.74, 6) is 0.733. The number of amides is 1. The molecule has 0 saturated carbocycles. The van der Waals surface area contributed by atoms with Crippen LogP contribution < -0.4 is 15.4 Å². The minimum Gasteiger partial charge on any atom is -0.497 e. The number of benzene rings is 1. The van der Waals surface area contributed by atoms with Crippen LogP contribution in [0, 0.1) is 0 Å². The Balaban J connectivity index is 2.40. The molecule has 1 atom stereocenters. The summed E-state index contributed by atoms with van der Waals surface area (Å²) < 4.78 is 10.1. The van der Waals surface area contributed by atoms with E-state index in [1.54, 1.807) is 14.2 Å². The van der Waals surface area contributed by atoms with Gasteiger partial charge in [-0.05, 0) is 25.5 Å². The third-order valence-corrected chi connectivity index (χ3v) is 2.67. The van der Waals surface area contributed by atoms with Gasteiger partial charge in [-0.2, -0.15) is 0 Å². The van der Waals surface area contributed by atoms with Gasteiger partial charge in [0, 0.05) is 32.0 Å². The number of rotatable bonds is 8. The number of hydrogen-bond acceptors (Lipinski definition) is 4. The third-order valence-electron chi connectivity index (χ3n) is 2.67. The summed E-state index contributed by atoms with van der Waals surface area (Å²) in [6, 6.07) is 7.20. The zero-order valence-corrected chi connectivity index (χ0v) is 11.7. The van der Waals surface area contributed by atoms with E-state index in [0.29, 0.717) is 13.2 Å². The third kappa shape index (κ3) is 5.61. The minimum atomic E-state index is -0.297. The lowest BCUT2D eigenvalue weighted by molar-refractivity contribution is -0.121. The van der Waals surface area contributed by atoms with Gasteiger partial charge in [-0.25, -0.2) is 0 Å². The SMILES string of the molecule is COCCCNC(=O)C(C)Nc1cccc(OC)c1. The van der Waals surface area contributed by atoms with Crippen LogP contribution in [0.15, 0.2) is 24.3 Å². The summed E-state index contributed by atoms with van der Waals surface area (Å²) in [4.78, 5) is 11.8. The lowest BCUT2D eigenvalue weighted by Gasteiger charge is -2.15. The summed E-state index contributed by atoms with van der Waals surface area (Å²) in [6.07, 6.45) is 0.814. The van der Waals surface area contributed by atoms with Gasteiger partial charge in [-0.3, -0.25) is 4.79 Å². The molecule has 0 fully saturated rings. The average Bonchev–Trinajstić information content (AvgIpc) is 2.43. The molecule has 2 N–H and O–H groups in total. The van der Waals surface area contributed by atoms with Gasteiger partial charge in [-0.1, -0.05) is 6.07 Å². The number of anilines is 1. The lowest BCUT2D eigenvalue weighted by Crippen LogP contribution is -2.38. The van der Waals surface area contributed by atoms with Gasteiger partial charge in [0.2, 0.25) is 5.91 Å². The zero-order valence-electron chi connectivity index (χ0n) is 11.7. The molecule has 0 saturated heterocycles. The molecule has 0 spiro atoms. The van der Waals surface area contributed by atoms with Gasteiger partial charge < -0.3 is 20.1 Å². The molecule has 0 radical (unpaired) electrons. The summed E-state index contributed by atoms with van der Waals surface area (Å²) in [7, 11) is 3.26. The molecule has 1 unspecified atom stereocenters. The summed E-state index contributed by atoms with van der Waals surface area (Å²) in [6.45, 7) is 3.10. The highest BCUT2D eigenvalue weighted by Crippen LogP contribution is 2.17. The van der Waals surface area contributed by atoms with Crippen molar-refractivity contribution in [3.8, 4) is 5.75 Å². The lowest BCUT2D eigenvalue weighted by atomic mass is 10.2. The van der Waals surface area contributed by atoms with Crippen molar-refractivity contribution in [3.63, 3.8) is 0 Å². The predicted molar refractivity (Wildman–Crippen MR) is 75.6 cm³/mol. The van der Waals surface area contributed by atoms with E-state index in [4.69, 9.17) is 9.47 Å². The molecular weight excluding hydrogens is 244 g/mol. The quantitative estimate of drug-likeness (QED) is 0.702. The fraction of sp³-hybridized carbons (Fsp3) is 0.500. The number of carbonyl (C=O) groups excluding carboxylic acids is 1. The van der Waals surface area contributed by atoms with E-state index in [0.717, 1.165) is 17.9 Å². The van der Waals surface area contributed by atoms with E-state index < -0.39 is 0 Å². The van der Waals surface area contributed by atoms with Crippen molar-refractivity contribution in [1.82, 2.24) is 5.32 Å². The predicted octanol–water partition coefficient (Wildman–Crippen LogP) is 1.65. The second-order valence-corrected chi connectivity index (χ2v) is 4.24. The molecule has 1 aromatic rings. The highest BCUT2D eigenvalue weighted by molar-refractivity contribution is 5.84. The molecule has 5 heteroatoms. The average molecular weight is 266 g/mol. The van der Waals surface area contributed by atoms with Crippen molar-refractivity contribution in [1.29, 1.82) is 0 Å². The van der Waals surface area contributed by atoms with Gasteiger partial charge in [0.1, 0.15) is 11.8 Å². The van der Waals surface area contributed by atoms with Crippen LogP contribution in [0.3, 0.4) is 0 Å². The molecule has 0 heterocycles. The Kier molecular flexibility index (Phi) is 6.74. The van der Waals surface area contributed by atoms with Crippen LogP contribution in [-0.2, 0) is 9.53 Å². The molecule has 106 valence electrons. The maximum absolute atomic E-state index is 11.8. The zero-order chi connectivity index (χ0) is 14.1. The van der Waals surface area contributed by atoms with Crippen LogP contribution in [0.2, 0.25) is 0 Å². The second-order valence-electron chi connectivity index (χ2n) is 4.24. The molecule has 0 aliphatic carbocycles.